The molecule has 1 atom stereocenters. The van der Waals surface area contributed by atoms with Gasteiger partial charge < -0.3 is 10.4 Å². The molecule has 2 aromatic carbocycles. The largest absolute Gasteiger partial charge is 0.506 e. The summed E-state index contributed by atoms with van der Waals surface area (Å²) in [5, 5.41) is 13.1. The van der Waals surface area contributed by atoms with Crippen molar-refractivity contribution < 1.29 is 5.11 Å². The van der Waals surface area contributed by atoms with Crippen molar-refractivity contribution in [2.45, 2.75) is 19.9 Å². The highest BCUT2D eigenvalue weighted by atomic mass is 35.5. The van der Waals surface area contributed by atoms with Crippen molar-refractivity contribution in [3.8, 4) is 5.75 Å². The molecule has 2 N–H and O–H groups in total. The molecule has 0 saturated heterocycles. The highest BCUT2D eigenvalue weighted by Gasteiger charge is 2.08. The molecule has 3 heteroatoms. The maximum atomic E-state index is 9.38. The Kier molecular flexibility index (Phi) is 3.78. The third kappa shape index (κ3) is 2.77. The summed E-state index contributed by atoms with van der Waals surface area (Å²) < 4.78 is 0. The first-order valence-corrected chi connectivity index (χ1v) is 6.26. The summed E-state index contributed by atoms with van der Waals surface area (Å²) in [6.45, 7) is 4.19. The zero-order valence-electron chi connectivity index (χ0n) is 10.4. The van der Waals surface area contributed by atoms with E-state index in [0.29, 0.717) is 5.02 Å². The summed E-state index contributed by atoms with van der Waals surface area (Å²) >= 11 is 5.88. The van der Waals surface area contributed by atoms with Gasteiger partial charge in [0.25, 0.3) is 0 Å². The van der Waals surface area contributed by atoms with E-state index >= 15 is 0 Å². The first kappa shape index (κ1) is 12.8. The Bertz CT molecular complexity index is 554. The second-order valence-electron chi connectivity index (χ2n) is 4.39. The highest BCUT2D eigenvalue weighted by molar-refractivity contribution is 6.32. The van der Waals surface area contributed by atoms with E-state index in [1.165, 1.54) is 11.1 Å². The van der Waals surface area contributed by atoms with Crippen LogP contribution in [0.25, 0.3) is 0 Å². The number of hydrogen-bond acceptors (Lipinski definition) is 2. The third-order valence-electron chi connectivity index (χ3n) is 2.99. The quantitative estimate of drug-likeness (QED) is 0.796. The van der Waals surface area contributed by atoms with E-state index in [9.17, 15) is 5.11 Å². The first-order valence-electron chi connectivity index (χ1n) is 5.88. The zero-order valence-corrected chi connectivity index (χ0v) is 11.2. The van der Waals surface area contributed by atoms with Crippen molar-refractivity contribution >= 4 is 17.3 Å². The van der Waals surface area contributed by atoms with Gasteiger partial charge in [-0.3, -0.25) is 0 Å². The van der Waals surface area contributed by atoms with Crippen LogP contribution in [-0.2, 0) is 0 Å². The third-order valence-corrected chi connectivity index (χ3v) is 3.29. The molecular formula is C15H16ClNO. The molecule has 0 bridgehead atoms. The smallest absolute Gasteiger partial charge is 0.134 e. The fraction of sp³-hybridized carbons (Fsp3) is 0.200. The zero-order chi connectivity index (χ0) is 13.1. The van der Waals surface area contributed by atoms with E-state index in [1.54, 1.807) is 12.1 Å². The fourth-order valence-corrected chi connectivity index (χ4v) is 2.18. The first-order chi connectivity index (χ1) is 8.58. The van der Waals surface area contributed by atoms with Crippen LogP contribution in [-0.4, -0.2) is 5.11 Å². The molecule has 0 radical (unpaired) electrons. The number of halogens is 1. The highest BCUT2D eigenvalue weighted by Crippen LogP contribution is 2.28. The minimum atomic E-state index is 0.103. The summed E-state index contributed by atoms with van der Waals surface area (Å²) in [4.78, 5) is 0. The van der Waals surface area contributed by atoms with Crippen molar-refractivity contribution in [2.75, 3.05) is 5.32 Å². The molecule has 1 unspecified atom stereocenters. The Labute approximate surface area is 112 Å². The van der Waals surface area contributed by atoms with Gasteiger partial charge in [-0.1, -0.05) is 35.9 Å². The summed E-state index contributed by atoms with van der Waals surface area (Å²) in [6, 6.07) is 13.6. The van der Waals surface area contributed by atoms with Crippen LogP contribution in [0.1, 0.15) is 24.1 Å². The average Bonchev–Trinajstić information content (AvgIpc) is 2.34. The van der Waals surface area contributed by atoms with Crippen LogP contribution in [0.2, 0.25) is 5.02 Å². The minimum absolute atomic E-state index is 0.103. The van der Waals surface area contributed by atoms with Crippen LogP contribution in [0.15, 0.2) is 42.5 Å². The number of anilines is 1. The Hall–Kier alpha value is -1.67. The molecule has 0 aliphatic rings. The molecule has 0 fully saturated rings. The number of phenolic OH excluding ortho intramolecular Hbond substituents is 1. The second kappa shape index (κ2) is 5.32. The van der Waals surface area contributed by atoms with Gasteiger partial charge >= 0.3 is 0 Å². The maximum absolute atomic E-state index is 9.38. The van der Waals surface area contributed by atoms with Crippen molar-refractivity contribution in [3.63, 3.8) is 0 Å². The molecule has 0 spiro atoms. The van der Waals surface area contributed by atoms with Crippen LogP contribution in [0, 0.1) is 6.92 Å². The van der Waals surface area contributed by atoms with Crippen molar-refractivity contribution in [1.29, 1.82) is 0 Å². The van der Waals surface area contributed by atoms with Crippen LogP contribution >= 0.6 is 11.6 Å². The van der Waals surface area contributed by atoms with Gasteiger partial charge in [-0.15, -0.1) is 0 Å². The lowest BCUT2D eigenvalue weighted by molar-refractivity contribution is 0.475. The van der Waals surface area contributed by atoms with Gasteiger partial charge in [0, 0.05) is 11.7 Å². The Morgan fingerprint density at radius 3 is 2.56 bits per heavy atom. The monoisotopic (exact) mass is 261 g/mol. The predicted molar refractivity (Wildman–Crippen MR) is 76.3 cm³/mol. The number of benzene rings is 2. The SMILES string of the molecule is Cc1ccccc1C(C)Nc1ccc(O)c(Cl)c1. The summed E-state index contributed by atoms with van der Waals surface area (Å²) in [6.07, 6.45) is 0. The minimum Gasteiger partial charge on any atom is -0.506 e. The number of hydrogen-bond donors (Lipinski definition) is 2. The van der Waals surface area contributed by atoms with Crippen LogP contribution in [0.3, 0.4) is 0 Å². The molecular weight excluding hydrogens is 246 g/mol. The molecule has 2 aromatic rings. The van der Waals surface area contributed by atoms with Gasteiger partial charge in [0.1, 0.15) is 5.75 Å². The van der Waals surface area contributed by atoms with Gasteiger partial charge in [-0.25, -0.2) is 0 Å². The van der Waals surface area contributed by atoms with E-state index in [-0.39, 0.29) is 11.8 Å². The van der Waals surface area contributed by atoms with Crippen LogP contribution < -0.4 is 5.32 Å². The Morgan fingerprint density at radius 1 is 1.17 bits per heavy atom. The van der Waals surface area contributed by atoms with Crippen molar-refractivity contribution in [2.24, 2.45) is 0 Å². The molecule has 94 valence electrons. The van der Waals surface area contributed by atoms with Crippen molar-refractivity contribution in [1.82, 2.24) is 0 Å². The lowest BCUT2D eigenvalue weighted by Crippen LogP contribution is -2.07. The molecule has 0 aromatic heterocycles. The number of aryl methyl sites for hydroxylation is 1. The van der Waals surface area contributed by atoms with E-state index < -0.39 is 0 Å². The molecule has 0 aliphatic carbocycles. The summed E-state index contributed by atoms with van der Waals surface area (Å²) in [7, 11) is 0. The number of phenols is 1. The number of nitrogens with one attached hydrogen (secondary N) is 1. The number of rotatable bonds is 3. The van der Waals surface area contributed by atoms with E-state index in [2.05, 4.69) is 31.3 Å². The second-order valence-corrected chi connectivity index (χ2v) is 4.80. The van der Waals surface area contributed by atoms with Gasteiger partial charge in [-0.05, 0) is 43.2 Å². The maximum Gasteiger partial charge on any atom is 0.134 e. The standard InChI is InChI=1S/C15H16ClNO/c1-10-5-3-4-6-13(10)11(2)17-12-7-8-15(18)14(16)9-12/h3-9,11,17-18H,1-2H3. The van der Waals surface area contributed by atoms with Crippen molar-refractivity contribution in [3.05, 3.63) is 58.6 Å². The van der Waals surface area contributed by atoms with Crippen LogP contribution in [0.4, 0.5) is 5.69 Å². The molecule has 0 aliphatic heterocycles. The summed E-state index contributed by atoms with van der Waals surface area (Å²) in [5.41, 5.74) is 3.40. The summed E-state index contributed by atoms with van der Waals surface area (Å²) in [5.74, 6) is 0.103. The molecule has 18 heavy (non-hydrogen) atoms. The van der Waals surface area contributed by atoms with E-state index in [1.807, 2.05) is 18.2 Å². The molecule has 2 rings (SSSR count). The lowest BCUT2D eigenvalue weighted by atomic mass is 10.0. The number of aromatic hydroxyl groups is 1. The van der Waals surface area contributed by atoms with E-state index in [4.69, 9.17) is 11.6 Å². The van der Waals surface area contributed by atoms with Gasteiger partial charge in [0.2, 0.25) is 0 Å². The van der Waals surface area contributed by atoms with Gasteiger partial charge in [0.15, 0.2) is 0 Å². The average molecular weight is 262 g/mol. The predicted octanol–water partition coefficient (Wildman–Crippen LogP) is 4.53. The van der Waals surface area contributed by atoms with E-state index in [0.717, 1.165) is 5.69 Å². The topological polar surface area (TPSA) is 32.3 Å². The van der Waals surface area contributed by atoms with Gasteiger partial charge in [-0.2, -0.15) is 0 Å². The molecule has 0 heterocycles. The molecule has 0 saturated carbocycles. The fourth-order valence-electron chi connectivity index (χ4n) is 2.00. The lowest BCUT2D eigenvalue weighted by Gasteiger charge is -2.18. The van der Waals surface area contributed by atoms with Gasteiger partial charge in [0.05, 0.1) is 5.02 Å². The Balaban J connectivity index is 2.19. The Morgan fingerprint density at radius 2 is 1.89 bits per heavy atom. The molecule has 0 amide bonds. The van der Waals surface area contributed by atoms with Crippen LogP contribution in [0.5, 0.6) is 5.75 Å². The molecule has 2 nitrogen and oxygen atoms in total. The normalized spacial score (nSPS) is 12.2.